The van der Waals surface area contributed by atoms with E-state index < -0.39 is 0 Å². The summed E-state index contributed by atoms with van der Waals surface area (Å²) in [5.74, 6) is 1.49. The van der Waals surface area contributed by atoms with Crippen LogP contribution in [0.15, 0.2) is 29.3 Å². The number of rotatable bonds is 3. The van der Waals surface area contributed by atoms with Crippen LogP contribution in [-0.4, -0.2) is 52.6 Å². The zero-order valence-electron chi connectivity index (χ0n) is 10.7. The summed E-state index contributed by atoms with van der Waals surface area (Å²) in [6, 6.07) is 7.38. The molecule has 0 spiro atoms. The monoisotopic (exact) mass is 282 g/mol. The average molecular weight is 282 g/mol. The number of benzene rings is 1. The Labute approximate surface area is 117 Å². The predicted molar refractivity (Wildman–Crippen MR) is 81.9 cm³/mol. The third-order valence-electron chi connectivity index (χ3n) is 2.96. The number of thioether (sulfide) groups is 2. The molecular weight excluding hydrogens is 264 g/mol. The van der Waals surface area contributed by atoms with Crippen molar-refractivity contribution in [2.75, 3.05) is 32.1 Å². The molecule has 5 heteroatoms. The third-order valence-corrected chi connectivity index (χ3v) is 5.01. The maximum absolute atomic E-state index is 9.85. The molecule has 1 heterocycles. The molecule has 0 aromatic heterocycles. The zero-order valence-corrected chi connectivity index (χ0v) is 12.3. The number of para-hydroxylation sites is 1. The van der Waals surface area contributed by atoms with Crippen LogP contribution >= 0.6 is 23.5 Å². The highest BCUT2D eigenvalue weighted by Crippen LogP contribution is 2.25. The van der Waals surface area contributed by atoms with E-state index in [2.05, 4.69) is 16.9 Å². The highest BCUT2D eigenvalue weighted by Gasteiger charge is 2.21. The Morgan fingerprint density at radius 1 is 1.56 bits per heavy atom. The Balaban J connectivity index is 2.11. The van der Waals surface area contributed by atoms with Crippen molar-refractivity contribution in [2.24, 2.45) is 4.99 Å². The number of hydrogen-bond acceptors (Lipinski definition) is 5. The first-order chi connectivity index (χ1) is 8.72. The van der Waals surface area contributed by atoms with E-state index in [-0.39, 0.29) is 0 Å². The molecule has 98 valence electrons. The van der Waals surface area contributed by atoms with Crippen LogP contribution in [0.25, 0.3) is 0 Å². The molecule has 3 nitrogen and oxygen atoms in total. The molecule has 1 saturated heterocycles. The van der Waals surface area contributed by atoms with Crippen molar-refractivity contribution in [1.29, 1.82) is 0 Å². The van der Waals surface area contributed by atoms with Crippen LogP contribution in [0, 0.1) is 0 Å². The van der Waals surface area contributed by atoms with Gasteiger partial charge in [0.1, 0.15) is 10.8 Å². The first kappa shape index (κ1) is 13.8. The van der Waals surface area contributed by atoms with Crippen LogP contribution in [0.1, 0.15) is 5.56 Å². The van der Waals surface area contributed by atoms with Gasteiger partial charge in [-0.05, 0) is 25.4 Å². The van der Waals surface area contributed by atoms with Gasteiger partial charge in [0.15, 0.2) is 0 Å². The standard InChI is InChI=1S/C13H18N2OS2/c1-15-7-8-18-12(15)9-14-13(17-2)10-5-3-4-6-11(10)16/h3-6,12,16H,7-9H2,1-2H3. The fourth-order valence-electron chi connectivity index (χ4n) is 1.87. The molecule has 1 atom stereocenters. The summed E-state index contributed by atoms with van der Waals surface area (Å²) in [6.07, 6.45) is 2.00. The van der Waals surface area contributed by atoms with Crippen molar-refractivity contribution in [1.82, 2.24) is 4.90 Å². The number of aromatic hydroxyl groups is 1. The SMILES string of the molecule is CSC(=NCC1SCCN1C)c1ccccc1O. The summed E-state index contributed by atoms with van der Waals surface area (Å²) in [5.41, 5.74) is 0.829. The van der Waals surface area contributed by atoms with Gasteiger partial charge < -0.3 is 5.11 Å². The van der Waals surface area contributed by atoms with Gasteiger partial charge in [-0.3, -0.25) is 9.89 Å². The minimum atomic E-state index is 0.304. The molecule has 0 bridgehead atoms. The number of phenolic OH excluding ortho intramolecular Hbond substituents is 1. The maximum Gasteiger partial charge on any atom is 0.125 e. The van der Waals surface area contributed by atoms with Gasteiger partial charge >= 0.3 is 0 Å². The fourth-order valence-corrected chi connectivity index (χ4v) is 3.67. The summed E-state index contributed by atoms with van der Waals surface area (Å²) in [5, 5.41) is 11.2. The first-order valence-corrected chi connectivity index (χ1v) is 8.18. The van der Waals surface area contributed by atoms with Gasteiger partial charge in [-0.25, -0.2) is 0 Å². The molecule has 1 aliphatic rings. The molecule has 1 aromatic rings. The Hall–Kier alpha value is -0.650. The van der Waals surface area contributed by atoms with E-state index in [1.165, 1.54) is 5.75 Å². The Kier molecular flexibility index (Phi) is 4.97. The van der Waals surface area contributed by atoms with Crippen LogP contribution in [0.3, 0.4) is 0 Å². The number of aliphatic imine (C=N–C) groups is 1. The lowest BCUT2D eigenvalue weighted by atomic mass is 10.2. The number of nitrogens with zero attached hydrogens (tertiary/aromatic N) is 2. The van der Waals surface area contributed by atoms with Gasteiger partial charge in [0, 0.05) is 17.9 Å². The summed E-state index contributed by atoms with van der Waals surface area (Å²) < 4.78 is 0. The largest absolute Gasteiger partial charge is 0.507 e. The predicted octanol–water partition coefficient (Wildman–Crippen LogP) is 2.51. The lowest BCUT2D eigenvalue weighted by Crippen LogP contribution is -2.26. The van der Waals surface area contributed by atoms with Gasteiger partial charge in [0.05, 0.1) is 11.9 Å². The first-order valence-electron chi connectivity index (χ1n) is 5.91. The molecule has 0 aliphatic carbocycles. The summed E-state index contributed by atoms with van der Waals surface area (Å²) in [7, 11) is 2.14. The van der Waals surface area contributed by atoms with Crippen LogP contribution < -0.4 is 0 Å². The zero-order chi connectivity index (χ0) is 13.0. The van der Waals surface area contributed by atoms with Crippen molar-refractivity contribution in [3.05, 3.63) is 29.8 Å². The van der Waals surface area contributed by atoms with Crippen LogP contribution in [0.5, 0.6) is 5.75 Å². The van der Waals surface area contributed by atoms with E-state index in [0.717, 1.165) is 23.7 Å². The highest BCUT2D eigenvalue weighted by molar-refractivity contribution is 8.13. The van der Waals surface area contributed by atoms with E-state index in [0.29, 0.717) is 11.1 Å². The lowest BCUT2D eigenvalue weighted by molar-refractivity contribution is 0.357. The molecule has 0 amide bonds. The maximum atomic E-state index is 9.85. The van der Waals surface area contributed by atoms with Crippen molar-refractivity contribution in [3.63, 3.8) is 0 Å². The quantitative estimate of drug-likeness (QED) is 0.682. The van der Waals surface area contributed by atoms with E-state index >= 15 is 0 Å². The highest BCUT2D eigenvalue weighted by atomic mass is 32.2. The second-order valence-electron chi connectivity index (χ2n) is 4.17. The van der Waals surface area contributed by atoms with Crippen LogP contribution in [-0.2, 0) is 0 Å². The van der Waals surface area contributed by atoms with E-state index in [9.17, 15) is 5.11 Å². The summed E-state index contributed by atoms with van der Waals surface area (Å²) in [4.78, 5) is 6.99. The molecule has 0 saturated carbocycles. The normalized spacial score (nSPS) is 21.4. The molecular formula is C13H18N2OS2. The van der Waals surface area contributed by atoms with Gasteiger partial charge in [-0.15, -0.1) is 23.5 Å². The fraction of sp³-hybridized carbons (Fsp3) is 0.462. The van der Waals surface area contributed by atoms with Crippen LogP contribution in [0.2, 0.25) is 0 Å². The van der Waals surface area contributed by atoms with Crippen molar-refractivity contribution < 1.29 is 5.11 Å². The molecule has 1 aromatic carbocycles. The topological polar surface area (TPSA) is 35.8 Å². The average Bonchev–Trinajstić information content (AvgIpc) is 2.78. The van der Waals surface area contributed by atoms with Crippen molar-refractivity contribution in [3.8, 4) is 5.75 Å². The molecule has 1 unspecified atom stereocenters. The number of likely N-dealkylation sites (N-methyl/N-ethyl adjacent to an activating group) is 1. The third kappa shape index (κ3) is 3.22. The van der Waals surface area contributed by atoms with Crippen LogP contribution in [0.4, 0.5) is 0 Å². The Bertz CT molecular complexity index is 437. The minimum Gasteiger partial charge on any atom is -0.507 e. The molecule has 1 N–H and O–H groups in total. The van der Waals surface area contributed by atoms with E-state index in [1.807, 2.05) is 36.2 Å². The number of hydrogen-bond donors (Lipinski definition) is 1. The summed E-state index contributed by atoms with van der Waals surface area (Å²) >= 11 is 3.53. The molecule has 1 fully saturated rings. The Morgan fingerprint density at radius 3 is 2.94 bits per heavy atom. The van der Waals surface area contributed by atoms with Crippen molar-refractivity contribution in [2.45, 2.75) is 5.37 Å². The second-order valence-corrected chi connectivity index (χ2v) is 6.25. The second kappa shape index (κ2) is 6.50. The smallest absolute Gasteiger partial charge is 0.125 e. The van der Waals surface area contributed by atoms with Gasteiger partial charge in [-0.1, -0.05) is 12.1 Å². The molecule has 1 aliphatic heterocycles. The summed E-state index contributed by atoms with van der Waals surface area (Å²) in [6.45, 7) is 1.92. The van der Waals surface area contributed by atoms with Gasteiger partial charge in [0.25, 0.3) is 0 Å². The van der Waals surface area contributed by atoms with Crippen molar-refractivity contribution >= 4 is 28.6 Å². The molecule has 2 rings (SSSR count). The molecule has 18 heavy (non-hydrogen) atoms. The van der Waals surface area contributed by atoms with E-state index in [1.54, 1.807) is 17.8 Å². The Morgan fingerprint density at radius 2 is 2.33 bits per heavy atom. The number of phenols is 1. The van der Waals surface area contributed by atoms with Gasteiger partial charge in [0.2, 0.25) is 0 Å². The van der Waals surface area contributed by atoms with E-state index in [4.69, 9.17) is 0 Å². The molecule has 0 radical (unpaired) electrons. The van der Waals surface area contributed by atoms with Gasteiger partial charge in [-0.2, -0.15) is 0 Å². The minimum absolute atomic E-state index is 0.304. The lowest BCUT2D eigenvalue weighted by Gasteiger charge is -2.16.